The number of hydrogen-bond donors (Lipinski definition) is 3. The molecule has 36 heavy (non-hydrogen) atoms. The molecule has 0 radical (unpaired) electrons. The molecule has 1 atom stereocenters. The quantitative estimate of drug-likeness (QED) is 0.213. The highest BCUT2D eigenvalue weighted by Crippen LogP contribution is 2.26. The van der Waals surface area contributed by atoms with Crippen LogP contribution in [0.2, 0.25) is 10.0 Å². The number of halogens is 2. The van der Waals surface area contributed by atoms with Crippen LogP contribution in [-0.2, 0) is 4.79 Å². The number of aromatic nitrogens is 4. The van der Waals surface area contributed by atoms with Gasteiger partial charge < -0.3 is 10.6 Å². The van der Waals surface area contributed by atoms with Crippen LogP contribution < -0.4 is 10.6 Å². The van der Waals surface area contributed by atoms with E-state index < -0.39 is 6.04 Å². The van der Waals surface area contributed by atoms with E-state index in [4.69, 9.17) is 23.2 Å². The lowest BCUT2D eigenvalue weighted by atomic mass is 10.0. The Bertz CT molecular complexity index is 1360. The number of benzene rings is 2. The van der Waals surface area contributed by atoms with Gasteiger partial charge in [0, 0.05) is 16.0 Å². The minimum atomic E-state index is -0.438. The van der Waals surface area contributed by atoms with Gasteiger partial charge in [0.25, 0.3) is 5.91 Å². The van der Waals surface area contributed by atoms with Crippen molar-refractivity contribution in [2.75, 3.05) is 11.1 Å². The zero-order valence-electron chi connectivity index (χ0n) is 19.3. The summed E-state index contributed by atoms with van der Waals surface area (Å²) in [5.41, 5.74) is 2.11. The molecule has 0 aliphatic carbocycles. The topological polar surface area (TPSA) is 113 Å². The van der Waals surface area contributed by atoms with E-state index in [0.29, 0.717) is 26.7 Å². The predicted octanol–water partition coefficient (Wildman–Crippen LogP) is 6.09. The molecule has 0 aliphatic rings. The molecule has 0 fully saturated rings. The number of thiazole rings is 1. The smallest absolute Gasteiger partial charge is 0.253 e. The van der Waals surface area contributed by atoms with Gasteiger partial charge in [-0.15, -0.1) is 16.4 Å². The lowest BCUT2D eigenvalue weighted by molar-refractivity contribution is -0.113. The Hall–Kier alpha value is -2.92. The number of hydrogen-bond acceptors (Lipinski definition) is 7. The third-order valence-electron chi connectivity index (χ3n) is 5.06. The average Bonchev–Trinajstić information content (AvgIpc) is 3.51. The van der Waals surface area contributed by atoms with E-state index in [2.05, 4.69) is 30.8 Å². The molecule has 0 unspecified atom stereocenters. The predicted molar refractivity (Wildman–Crippen MR) is 145 cm³/mol. The fourth-order valence-electron chi connectivity index (χ4n) is 3.26. The summed E-state index contributed by atoms with van der Waals surface area (Å²) in [5.74, 6) is 0.0399. The molecule has 4 rings (SSSR count). The summed E-state index contributed by atoms with van der Waals surface area (Å²) in [5, 5.41) is 16.3. The van der Waals surface area contributed by atoms with Crippen molar-refractivity contribution in [3.63, 3.8) is 0 Å². The lowest BCUT2D eigenvalue weighted by Gasteiger charge is -2.20. The first-order valence-electron chi connectivity index (χ1n) is 10.9. The van der Waals surface area contributed by atoms with Crippen LogP contribution in [0.4, 0.5) is 5.13 Å². The molecule has 3 N–H and O–H groups in total. The van der Waals surface area contributed by atoms with Crippen LogP contribution >= 0.6 is 46.3 Å². The van der Waals surface area contributed by atoms with E-state index in [0.717, 1.165) is 11.3 Å². The first-order valence-corrected chi connectivity index (χ1v) is 13.5. The highest BCUT2D eigenvalue weighted by atomic mass is 35.5. The zero-order chi connectivity index (χ0) is 25.7. The number of amides is 2. The number of thioether (sulfide) groups is 1. The minimum absolute atomic E-state index is 0.0119. The van der Waals surface area contributed by atoms with Crippen molar-refractivity contribution >= 4 is 63.2 Å². The van der Waals surface area contributed by atoms with Gasteiger partial charge in [-0.2, -0.15) is 0 Å². The largest absolute Gasteiger partial charge is 0.342 e. The maximum Gasteiger partial charge on any atom is 0.253 e. The monoisotopic (exact) mass is 560 g/mol. The van der Waals surface area contributed by atoms with Gasteiger partial charge in [-0.05, 0) is 24.1 Å². The van der Waals surface area contributed by atoms with Gasteiger partial charge in [0.15, 0.2) is 5.13 Å². The molecular weight excluding hydrogens is 539 g/mol. The summed E-state index contributed by atoms with van der Waals surface area (Å²) in [6.45, 7) is 3.91. The first-order chi connectivity index (χ1) is 17.3. The molecule has 0 bridgehead atoms. The van der Waals surface area contributed by atoms with Crippen molar-refractivity contribution in [3.05, 3.63) is 75.3 Å². The molecule has 2 heterocycles. The van der Waals surface area contributed by atoms with Gasteiger partial charge in [-0.25, -0.2) is 9.97 Å². The number of anilines is 1. The lowest BCUT2D eigenvalue weighted by Crippen LogP contribution is -2.32. The van der Waals surface area contributed by atoms with Crippen molar-refractivity contribution in [2.45, 2.75) is 25.0 Å². The Morgan fingerprint density at radius 3 is 2.61 bits per heavy atom. The van der Waals surface area contributed by atoms with Crippen molar-refractivity contribution in [3.8, 4) is 11.3 Å². The standard InChI is InChI=1S/C24H22Cl2N6O2S2/c1-13(2)20(29-22(34)16-9-8-15(25)10-17(16)26)21-30-24(32-31-21)36-12-19(33)28-23-27-18(11-35-23)14-6-4-3-5-7-14/h3-11,13,20H,12H2,1-2H3,(H,29,34)(H,27,28,33)(H,30,31,32)/t20-/m0/s1. The second kappa shape index (κ2) is 11.9. The summed E-state index contributed by atoms with van der Waals surface area (Å²) in [4.78, 5) is 34.2. The second-order valence-corrected chi connectivity index (χ2v) is 10.7. The molecule has 2 aromatic carbocycles. The molecule has 186 valence electrons. The van der Waals surface area contributed by atoms with Crippen LogP contribution in [-0.4, -0.2) is 37.7 Å². The van der Waals surface area contributed by atoms with Crippen LogP contribution in [0.5, 0.6) is 0 Å². The van der Waals surface area contributed by atoms with E-state index in [1.807, 2.05) is 49.6 Å². The van der Waals surface area contributed by atoms with Crippen molar-refractivity contribution < 1.29 is 9.59 Å². The summed E-state index contributed by atoms with van der Waals surface area (Å²) >= 11 is 14.6. The normalized spacial score (nSPS) is 11.9. The van der Waals surface area contributed by atoms with Crippen LogP contribution in [0.25, 0.3) is 11.3 Å². The van der Waals surface area contributed by atoms with E-state index >= 15 is 0 Å². The summed E-state index contributed by atoms with van der Waals surface area (Å²) in [6, 6.07) is 14.0. The van der Waals surface area contributed by atoms with Crippen molar-refractivity contribution in [2.24, 2.45) is 5.92 Å². The Morgan fingerprint density at radius 1 is 1.11 bits per heavy atom. The number of aromatic amines is 1. The number of nitrogens with one attached hydrogen (secondary N) is 3. The highest BCUT2D eigenvalue weighted by molar-refractivity contribution is 7.99. The Kier molecular flexibility index (Phi) is 8.63. The molecular formula is C24H22Cl2N6O2S2. The Labute approximate surface area is 226 Å². The summed E-state index contributed by atoms with van der Waals surface area (Å²) in [7, 11) is 0. The maximum absolute atomic E-state index is 12.8. The molecule has 0 saturated carbocycles. The SMILES string of the molecule is CC(C)[C@H](NC(=O)c1ccc(Cl)cc1Cl)c1nc(SCC(=O)Nc2nc(-c3ccccc3)cs2)n[nH]1. The molecule has 12 heteroatoms. The number of carbonyl (C=O) groups is 2. The molecule has 0 saturated heterocycles. The molecule has 4 aromatic rings. The van der Waals surface area contributed by atoms with Crippen LogP contribution in [0.1, 0.15) is 36.1 Å². The van der Waals surface area contributed by atoms with Gasteiger partial charge in [-0.1, -0.05) is 79.1 Å². The average molecular weight is 562 g/mol. The Balaban J connectivity index is 1.34. The fourth-order valence-corrected chi connectivity index (χ4v) is 5.10. The summed E-state index contributed by atoms with van der Waals surface area (Å²) < 4.78 is 0. The molecule has 2 aromatic heterocycles. The van der Waals surface area contributed by atoms with E-state index in [9.17, 15) is 9.59 Å². The van der Waals surface area contributed by atoms with Gasteiger partial charge in [-0.3, -0.25) is 14.7 Å². The van der Waals surface area contributed by atoms with Gasteiger partial charge >= 0.3 is 0 Å². The highest BCUT2D eigenvalue weighted by Gasteiger charge is 2.24. The maximum atomic E-state index is 12.8. The number of rotatable bonds is 9. The van der Waals surface area contributed by atoms with Gasteiger partial charge in [0.05, 0.1) is 28.1 Å². The van der Waals surface area contributed by atoms with Crippen molar-refractivity contribution in [1.82, 2.24) is 25.5 Å². The Morgan fingerprint density at radius 2 is 1.89 bits per heavy atom. The summed E-state index contributed by atoms with van der Waals surface area (Å²) in [6.07, 6.45) is 0. The van der Waals surface area contributed by atoms with E-state index in [-0.39, 0.29) is 28.5 Å². The number of nitrogens with zero attached hydrogens (tertiary/aromatic N) is 3. The van der Waals surface area contributed by atoms with Crippen LogP contribution in [0.15, 0.2) is 59.1 Å². The third-order valence-corrected chi connectivity index (χ3v) is 7.21. The van der Waals surface area contributed by atoms with Crippen LogP contribution in [0.3, 0.4) is 0 Å². The van der Waals surface area contributed by atoms with Crippen molar-refractivity contribution in [1.29, 1.82) is 0 Å². The van der Waals surface area contributed by atoms with E-state index in [1.165, 1.54) is 29.2 Å². The zero-order valence-corrected chi connectivity index (χ0v) is 22.4. The number of H-pyrrole nitrogens is 1. The second-order valence-electron chi connectivity index (χ2n) is 8.06. The molecule has 2 amide bonds. The molecule has 0 spiro atoms. The third kappa shape index (κ3) is 6.64. The van der Waals surface area contributed by atoms with Gasteiger partial charge in [0.2, 0.25) is 11.1 Å². The first kappa shape index (κ1) is 26.2. The van der Waals surface area contributed by atoms with Crippen LogP contribution in [0, 0.1) is 5.92 Å². The van der Waals surface area contributed by atoms with E-state index in [1.54, 1.807) is 12.1 Å². The molecule has 8 nitrogen and oxygen atoms in total. The minimum Gasteiger partial charge on any atom is -0.342 e. The van der Waals surface area contributed by atoms with Gasteiger partial charge in [0.1, 0.15) is 5.82 Å². The molecule has 0 aliphatic heterocycles. The fraction of sp³-hybridized carbons (Fsp3) is 0.208. The number of carbonyl (C=O) groups excluding carboxylic acids is 2.